The molecule has 3 heteroatoms. The van der Waals surface area contributed by atoms with E-state index in [0.717, 1.165) is 27.6 Å². The molecule has 3 aromatic carbocycles. The number of hydrogen-bond donors (Lipinski definition) is 1. The van der Waals surface area contributed by atoms with Gasteiger partial charge in [-0.25, -0.2) is 4.98 Å². The fourth-order valence-corrected chi connectivity index (χ4v) is 3.94. The molecule has 0 saturated carbocycles. The highest BCUT2D eigenvalue weighted by atomic mass is 16.5. The summed E-state index contributed by atoms with van der Waals surface area (Å²) in [4.78, 5) is 4.81. The van der Waals surface area contributed by atoms with E-state index < -0.39 is 12.2 Å². The molecule has 5 rings (SSSR count). The maximum Gasteiger partial charge on any atom is 0.127 e. The largest absolute Gasteiger partial charge is 0.384 e. The number of benzene rings is 3. The van der Waals surface area contributed by atoms with Crippen LogP contribution < -0.4 is 0 Å². The molecule has 0 spiro atoms. The quantitative estimate of drug-likeness (QED) is 0.511. The smallest absolute Gasteiger partial charge is 0.127 e. The van der Waals surface area contributed by atoms with Crippen LogP contribution in [0.15, 0.2) is 66.7 Å². The van der Waals surface area contributed by atoms with Crippen molar-refractivity contribution in [1.82, 2.24) is 4.98 Å². The van der Waals surface area contributed by atoms with Crippen LogP contribution in [0, 0.1) is 0 Å². The molecule has 122 valence electrons. The Morgan fingerprint density at radius 3 is 2.56 bits per heavy atom. The summed E-state index contributed by atoms with van der Waals surface area (Å²) in [6.45, 7) is 0. The van der Waals surface area contributed by atoms with E-state index in [0.29, 0.717) is 5.69 Å². The Morgan fingerprint density at radius 1 is 0.880 bits per heavy atom. The van der Waals surface area contributed by atoms with E-state index in [2.05, 4.69) is 30.3 Å². The van der Waals surface area contributed by atoms with Gasteiger partial charge in [0, 0.05) is 18.1 Å². The van der Waals surface area contributed by atoms with Gasteiger partial charge in [-0.15, -0.1) is 0 Å². The number of aliphatic hydroxyl groups is 1. The van der Waals surface area contributed by atoms with E-state index in [9.17, 15) is 5.11 Å². The van der Waals surface area contributed by atoms with Crippen LogP contribution in [0.4, 0.5) is 0 Å². The van der Waals surface area contributed by atoms with Gasteiger partial charge in [0.2, 0.25) is 0 Å². The number of nitrogens with zero attached hydrogens (tertiary/aromatic N) is 1. The van der Waals surface area contributed by atoms with Crippen molar-refractivity contribution >= 4 is 21.7 Å². The van der Waals surface area contributed by atoms with Gasteiger partial charge in [-0.2, -0.15) is 0 Å². The first kappa shape index (κ1) is 14.6. The third-order valence-corrected chi connectivity index (χ3v) is 5.13. The summed E-state index contributed by atoms with van der Waals surface area (Å²) in [6, 6.07) is 22.7. The van der Waals surface area contributed by atoms with Gasteiger partial charge in [-0.3, -0.25) is 0 Å². The summed E-state index contributed by atoms with van der Waals surface area (Å²) in [5, 5.41) is 14.3. The van der Waals surface area contributed by atoms with Gasteiger partial charge < -0.3 is 9.84 Å². The molecule has 1 heterocycles. The van der Waals surface area contributed by atoms with E-state index >= 15 is 0 Å². The Kier molecular flexibility index (Phi) is 3.14. The van der Waals surface area contributed by atoms with Crippen molar-refractivity contribution in [3.8, 4) is 11.1 Å². The zero-order chi connectivity index (χ0) is 17.0. The topological polar surface area (TPSA) is 42.4 Å². The second kappa shape index (κ2) is 5.38. The second-order valence-electron chi connectivity index (χ2n) is 6.46. The van der Waals surface area contributed by atoms with Gasteiger partial charge in [0.25, 0.3) is 0 Å². The maximum atomic E-state index is 10.9. The molecule has 4 aromatic rings. The zero-order valence-electron chi connectivity index (χ0n) is 13.8. The molecule has 25 heavy (non-hydrogen) atoms. The average Bonchev–Trinajstić information content (AvgIpc) is 2.67. The van der Waals surface area contributed by atoms with Crippen molar-refractivity contribution < 1.29 is 9.84 Å². The lowest BCUT2D eigenvalue weighted by Crippen LogP contribution is -2.20. The van der Waals surface area contributed by atoms with Gasteiger partial charge >= 0.3 is 0 Å². The fourth-order valence-electron chi connectivity index (χ4n) is 3.94. The van der Waals surface area contributed by atoms with E-state index in [1.807, 2.05) is 36.4 Å². The molecule has 1 aromatic heterocycles. The van der Waals surface area contributed by atoms with Crippen LogP contribution in [0.3, 0.4) is 0 Å². The lowest BCUT2D eigenvalue weighted by molar-refractivity contribution is -0.0181. The predicted molar refractivity (Wildman–Crippen MR) is 99.4 cm³/mol. The minimum Gasteiger partial charge on any atom is -0.384 e. The van der Waals surface area contributed by atoms with Crippen molar-refractivity contribution in [2.75, 3.05) is 7.11 Å². The molecular formula is C22H17NO2. The summed E-state index contributed by atoms with van der Waals surface area (Å²) < 4.78 is 5.58. The monoisotopic (exact) mass is 327 g/mol. The Morgan fingerprint density at radius 2 is 1.68 bits per heavy atom. The number of aliphatic hydroxyl groups excluding tert-OH is 1. The number of methoxy groups -OCH3 is 1. The minimum atomic E-state index is -0.772. The van der Waals surface area contributed by atoms with Crippen LogP contribution in [-0.4, -0.2) is 17.2 Å². The zero-order valence-corrected chi connectivity index (χ0v) is 13.8. The minimum absolute atomic E-state index is 0.394. The molecule has 0 aliphatic heterocycles. The third-order valence-electron chi connectivity index (χ3n) is 5.13. The van der Waals surface area contributed by atoms with Crippen LogP contribution in [0.25, 0.3) is 32.8 Å². The summed E-state index contributed by atoms with van der Waals surface area (Å²) in [7, 11) is 1.63. The van der Waals surface area contributed by atoms with Crippen molar-refractivity contribution in [3.05, 3.63) is 78.0 Å². The number of pyridine rings is 1. The lowest BCUT2D eigenvalue weighted by atomic mass is 9.84. The Hall–Kier alpha value is -2.75. The van der Waals surface area contributed by atoms with E-state index in [4.69, 9.17) is 9.72 Å². The SMILES string of the molecule is CO[C@@H]1c2ccccc2-c2cc3c(ccc4ccccc43)nc2[C@H]1O. The van der Waals surface area contributed by atoms with Crippen LogP contribution in [0.5, 0.6) is 0 Å². The Bertz CT molecular complexity index is 1120. The third kappa shape index (κ3) is 2.03. The number of fused-ring (bicyclic) bond motifs is 6. The molecule has 1 aliphatic rings. The van der Waals surface area contributed by atoms with Crippen molar-refractivity contribution in [3.63, 3.8) is 0 Å². The molecular weight excluding hydrogens is 310 g/mol. The van der Waals surface area contributed by atoms with Gasteiger partial charge in [0.05, 0.1) is 11.2 Å². The standard InChI is InChI=1S/C22H17NO2/c1-25-22-16-9-5-4-8-15(16)18-12-17-14-7-3-2-6-13(14)10-11-19(17)23-20(18)21(22)24/h2-12,21-22,24H,1H3/t21-,22-/m1/s1. The summed E-state index contributed by atoms with van der Waals surface area (Å²) in [5.74, 6) is 0. The van der Waals surface area contributed by atoms with Crippen molar-refractivity contribution in [2.45, 2.75) is 12.2 Å². The highest BCUT2D eigenvalue weighted by Gasteiger charge is 2.34. The number of hydrogen-bond acceptors (Lipinski definition) is 3. The van der Waals surface area contributed by atoms with E-state index in [1.54, 1.807) is 7.11 Å². The first-order valence-electron chi connectivity index (χ1n) is 8.40. The van der Waals surface area contributed by atoms with Crippen LogP contribution in [0.2, 0.25) is 0 Å². The number of ether oxygens (including phenoxy) is 1. The summed E-state index contributed by atoms with van der Waals surface area (Å²) in [5.41, 5.74) is 4.66. The molecule has 0 radical (unpaired) electrons. The number of rotatable bonds is 1. The fraction of sp³-hybridized carbons (Fsp3) is 0.136. The predicted octanol–water partition coefficient (Wildman–Crippen LogP) is 4.79. The van der Waals surface area contributed by atoms with Gasteiger partial charge in [-0.1, -0.05) is 54.6 Å². The van der Waals surface area contributed by atoms with E-state index in [-0.39, 0.29) is 0 Å². The molecule has 0 saturated heterocycles. The Balaban J connectivity index is 1.89. The molecule has 0 fully saturated rings. The second-order valence-corrected chi connectivity index (χ2v) is 6.46. The lowest BCUT2D eigenvalue weighted by Gasteiger charge is -2.31. The van der Waals surface area contributed by atoms with Gasteiger partial charge in [0.1, 0.15) is 12.2 Å². The highest BCUT2D eigenvalue weighted by molar-refractivity contribution is 6.07. The van der Waals surface area contributed by atoms with Crippen LogP contribution >= 0.6 is 0 Å². The normalized spacial score (nSPS) is 19.0. The molecule has 1 aliphatic carbocycles. The average molecular weight is 327 g/mol. The van der Waals surface area contributed by atoms with E-state index in [1.165, 1.54) is 10.8 Å². The van der Waals surface area contributed by atoms with Crippen LogP contribution in [-0.2, 0) is 4.74 Å². The van der Waals surface area contributed by atoms with Crippen LogP contribution in [0.1, 0.15) is 23.5 Å². The first-order chi connectivity index (χ1) is 12.3. The Labute approximate surface area is 145 Å². The van der Waals surface area contributed by atoms with Crippen molar-refractivity contribution in [2.24, 2.45) is 0 Å². The first-order valence-corrected chi connectivity index (χ1v) is 8.40. The molecule has 3 nitrogen and oxygen atoms in total. The molecule has 0 bridgehead atoms. The maximum absolute atomic E-state index is 10.9. The molecule has 2 atom stereocenters. The van der Waals surface area contributed by atoms with Gasteiger partial charge in [-0.05, 0) is 34.0 Å². The number of aromatic nitrogens is 1. The van der Waals surface area contributed by atoms with Gasteiger partial charge in [0.15, 0.2) is 0 Å². The molecule has 1 N–H and O–H groups in total. The molecule has 0 amide bonds. The molecule has 0 unspecified atom stereocenters. The van der Waals surface area contributed by atoms with Crippen molar-refractivity contribution in [1.29, 1.82) is 0 Å². The highest BCUT2D eigenvalue weighted by Crippen LogP contribution is 2.46. The summed E-state index contributed by atoms with van der Waals surface area (Å²) >= 11 is 0. The summed E-state index contributed by atoms with van der Waals surface area (Å²) in [6.07, 6.45) is -1.17.